The summed E-state index contributed by atoms with van der Waals surface area (Å²) in [4.78, 5) is 3.89. The summed E-state index contributed by atoms with van der Waals surface area (Å²) < 4.78 is 26.1. The number of nitrogens with one attached hydrogen (secondary N) is 1. The van der Waals surface area contributed by atoms with Crippen LogP contribution < -0.4 is 11.3 Å². The number of nitrogen functional groups attached to an aromatic ring is 1. The minimum Gasteiger partial charge on any atom is -0.389 e. The number of rotatable bonds is 5. The van der Waals surface area contributed by atoms with Crippen LogP contribution in [-0.2, 0) is 10.0 Å². The van der Waals surface area contributed by atoms with Crippen LogP contribution in [0.15, 0.2) is 23.4 Å². The lowest BCUT2D eigenvalue weighted by Gasteiger charge is -2.28. The molecule has 7 nitrogen and oxygen atoms in total. The zero-order valence-corrected chi connectivity index (χ0v) is 12.2. The second kappa shape index (κ2) is 5.65. The van der Waals surface area contributed by atoms with Gasteiger partial charge in [-0.1, -0.05) is 12.8 Å². The van der Waals surface area contributed by atoms with Crippen molar-refractivity contribution in [3.8, 4) is 0 Å². The molecule has 1 saturated carbocycles. The Morgan fingerprint density at radius 1 is 1.50 bits per heavy atom. The number of pyridine rings is 1. The molecule has 112 valence electrons. The van der Waals surface area contributed by atoms with E-state index in [0.717, 1.165) is 17.1 Å². The summed E-state index contributed by atoms with van der Waals surface area (Å²) in [5.41, 5.74) is 1.63. The summed E-state index contributed by atoms with van der Waals surface area (Å²) in [5, 5.41) is 10.2. The van der Waals surface area contributed by atoms with Gasteiger partial charge in [0.05, 0.1) is 11.3 Å². The third-order valence-electron chi connectivity index (χ3n) is 3.63. The molecule has 8 heteroatoms. The number of nitrogens with zero attached hydrogens (tertiary/aromatic N) is 2. The van der Waals surface area contributed by atoms with E-state index in [2.05, 4.69) is 10.4 Å². The van der Waals surface area contributed by atoms with Gasteiger partial charge in [-0.2, -0.15) is 4.31 Å². The molecule has 0 amide bonds. The van der Waals surface area contributed by atoms with E-state index in [0.29, 0.717) is 12.8 Å². The number of hydrogen-bond acceptors (Lipinski definition) is 6. The van der Waals surface area contributed by atoms with Gasteiger partial charge in [0.1, 0.15) is 0 Å². The van der Waals surface area contributed by atoms with Gasteiger partial charge < -0.3 is 10.5 Å². The Labute approximate surface area is 118 Å². The van der Waals surface area contributed by atoms with Crippen LogP contribution in [0.25, 0.3) is 0 Å². The second-order valence-electron chi connectivity index (χ2n) is 5.19. The number of aliphatic hydroxyl groups is 1. The van der Waals surface area contributed by atoms with Gasteiger partial charge in [0.25, 0.3) is 10.0 Å². The first-order valence-corrected chi connectivity index (χ1v) is 7.93. The van der Waals surface area contributed by atoms with Crippen molar-refractivity contribution in [3.63, 3.8) is 0 Å². The van der Waals surface area contributed by atoms with Crippen molar-refractivity contribution in [2.75, 3.05) is 19.0 Å². The summed E-state index contributed by atoms with van der Waals surface area (Å²) in [6, 6.07) is 3.14. The fraction of sp³-hybridized carbons (Fsp3) is 0.583. The zero-order chi connectivity index (χ0) is 14.8. The van der Waals surface area contributed by atoms with E-state index in [9.17, 15) is 13.5 Å². The Balaban J connectivity index is 2.25. The van der Waals surface area contributed by atoms with E-state index in [-0.39, 0.29) is 17.3 Å². The quantitative estimate of drug-likeness (QED) is 0.533. The molecule has 0 radical (unpaired) electrons. The number of aromatic nitrogens is 1. The fourth-order valence-electron chi connectivity index (χ4n) is 2.54. The molecule has 1 aromatic heterocycles. The predicted octanol–water partition coefficient (Wildman–Crippen LogP) is 0.293. The van der Waals surface area contributed by atoms with E-state index in [1.807, 2.05) is 0 Å². The lowest BCUT2D eigenvalue weighted by Crippen LogP contribution is -2.42. The van der Waals surface area contributed by atoms with Gasteiger partial charge in [0.15, 0.2) is 5.03 Å². The molecule has 0 atom stereocenters. The normalized spacial score (nSPS) is 18.4. The van der Waals surface area contributed by atoms with E-state index in [1.54, 1.807) is 6.07 Å². The maximum Gasteiger partial charge on any atom is 0.262 e. The van der Waals surface area contributed by atoms with Crippen molar-refractivity contribution in [1.29, 1.82) is 0 Å². The highest BCUT2D eigenvalue weighted by molar-refractivity contribution is 7.89. The van der Waals surface area contributed by atoms with E-state index in [1.165, 1.54) is 19.3 Å². The first kappa shape index (κ1) is 15.2. The van der Waals surface area contributed by atoms with Crippen LogP contribution in [0.1, 0.15) is 25.7 Å². The highest BCUT2D eigenvalue weighted by atomic mass is 32.2. The molecule has 0 aliphatic heterocycles. The largest absolute Gasteiger partial charge is 0.389 e. The van der Waals surface area contributed by atoms with Crippen molar-refractivity contribution in [2.45, 2.75) is 36.3 Å². The first-order valence-electron chi connectivity index (χ1n) is 6.49. The molecule has 4 N–H and O–H groups in total. The molecule has 1 aliphatic carbocycles. The Bertz CT molecular complexity index is 570. The fourth-order valence-corrected chi connectivity index (χ4v) is 3.85. The van der Waals surface area contributed by atoms with Crippen LogP contribution in [0.2, 0.25) is 0 Å². The Morgan fingerprint density at radius 3 is 2.75 bits per heavy atom. The minimum atomic E-state index is -3.79. The second-order valence-corrected chi connectivity index (χ2v) is 7.15. The minimum absolute atomic E-state index is 0.0654. The lowest BCUT2D eigenvalue weighted by molar-refractivity contribution is 0.0333. The van der Waals surface area contributed by atoms with Gasteiger partial charge in [0, 0.05) is 19.8 Å². The SMILES string of the molecule is CN(CC1(O)CCCC1)S(=O)(=O)c1ncccc1NN. The molecule has 1 heterocycles. The summed E-state index contributed by atoms with van der Waals surface area (Å²) in [6.07, 6.45) is 4.48. The van der Waals surface area contributed by atoms with Crippen molar-refractivity contribution in [3.05, 3.63) is 18.3 Å². The predicted molar refractivity (Wildman–Crippen MR) is 75.3 cm³/mol. The molecule has 1 aliphatic rings. The topological polar surface area (TPSA) is 109 Å². The molecule has 1 aromatic rings. The first-order chi connectivity index (χ1) is 9.39. The lowest BCUT2D eigenvalue weighted by atomic mass is 10.0. The van der Waals surface area contributed by atoms with Crippen LogP contribution in [-0.4, -0.2) is 42.0 Å². The van der Waals surface area contributed by atoms with Gasteiger partial charge in [-0.3, -0.25) is 5.84 Å². The number of nitrogens with two attached hydrogens (primary N) is 1. The zero-order valence-electron chi connectivity index (χ0n) is 11.4. The van der Waals surface area contributed by atoms with Gasteiger partial charge in [-0.05, 0) is 25.0 Å². The Hall–Kier alpha value is -1.22. The average Bonchev–Trinajstić information content (AvgIpc) is 2.85. The maximum absolute atomic E-state index is 12.5. The third kappa shape index (κ3) is 2.93. The molecule has 0 saturated heterocycles. The molecule has 20 heavy (non-hydrogen) atoms. The number of likely N-dealkylation sites (N-methyl/N-ethyl adjacent to an activating group) is 1. The summed E-state index contributed by atoms with van der Waals surface area (Å²) >= 11 is 0. The van der Waals surface area contributed by atoms with Crippen molar-refractivity contribution in [2.24, 2.45) is 5.84 Å². The van der Waals surface area contributed by atoms with Crippen LogP contribution in [0, 0.1) is 0 Å². The van der Waals surface area contributed by atoms with E-state index >= 15 is 0 Å². The molecule has 2 rings (SSSR count). The van der Waals surface area contributed by atoms with Crippen LogP contribution in [0.4, 0.5) is 5.69 Å². The van der Waals surface area contributed by atoms with Crippen LogP contribution in [0.3, 0.4) is 0 Å². The molecule has 1 fully saturated rings. The van der Waals surface area contributed by atoms with E-state index in [4.69, 9.17) is 5.84 Å². The third-order valence-corrected chi connectivity index (χ3v) is 5.40. The number of hydrazine groups is 1. The molecular weight excluding hydrogens is 280 g/mol. The molecule has 0 aromatic carbocycles. The summed E-state index contributed by atoms with van der Waals surface area (Å²) in [5.74, 6) is 5.31. The highest BCUT2D eigenvalue weighted by Crippen LogP contribution is 2.31. The van der Waals surface area contributed by atoms with Gasteiger partial charge in [-0.15, -0.1) is 0 Å². The van der Waals surface area contributed by atoms with Crippen molar-refractivity contribution in [1.82, 2.24) is 9.29 Å². The average molecular weight is 300 g/mol. The van der Waals surface area contributed by atoms with Gasteiger partial charge in [-0.25, -0.2) is 13.4 Å². The van der Waals surface area contributed by atoms with Crippen LogP contribution in [0.5, 0.6) is 0 Å². The Morgan fingerprint density at radius 2 is 2.15 bits per heavy atom. The molecule has 0 spiro atoms. The summed E-state index contributed by atoms with van der Waals surface area (Å²) in [6.45, 7) is 0.0654. The maximum atomic E-state index is 12.5. The van der Waals surface area contributed by atoms with Crippen LogP contribution >= 0.6 is 0 Å². The van der Waals surface area contributed by atoms with Crippen molar-refractivity contribution < 1.29 is 13.5 Å². The standard InChI is InChI=1S/C12H20N4O3S/c1-16(9-12(17)6-2-3-7-12)20(18,19)11-10(15-13)5-4-8-14-11/h4-5,8,15,17H,2-3,6-7,9,13H2,1H3. The molecule has 0 unspecified atom stereocenters. The molecular formula is C12H20N4O3S. The van der Waals surface area contributed by atoms with Gasteiger partial charge >= 0.3 is 0 Å². The smallest absolute Gasteiger partial charge is 0.262 e. The number of sulfonamides is 1. The molecule has 0 bridgehead atoms. The van der Waals surface area contributed by atoms with E-state index < -0.39 is 15.6 Å². The summed E-state index contributed by atoms with van der Waals surface area (Å²) in [7, 11) is -2.34. The monoisotopic (exact) mass is 300 g/mol. The van der Waals surface area contributed by atoms with Gasteiger partial charge in [0.2, 0.25) is 0 Å². The Kier molecular flexibility index (Phi) is 4.28. The number of anilines is 1. The highest BCUT2D eigenvalue weighted by Gasteiger charge is 2.36. The number of hydrogen-bond donors (Lipinski definition) is 3. The van der Waals surface area contributed by atoms with Crippen molar-refractivity contribution >= 4 is 15.7 Å².